The van der Waals surface area contributed by atoms with Gasteiger partial charge in [0.15, 0.2) is 5.96 Å². The molecular formula is C16H19F4N3. The molecular weight excluding hydrogens is 310 g/mol. The SMILES string of the molecule is CCNC(=NCc1ccc(F)cc1C(F)(F)F)NC1CC=CC1. The summed E-state index contributed by atoms with van der Waals surface area (Å²) in [6.07, 6.45) is 1.20. The highest BCUT2D eigenvalue weighted by molar-refractivity contribution is 5.80. The molecule has 0 saturated heterocycles. The first-order chi connectivity index (χ1) is 10.9. The third kappa shape index (κ3) is 4.97. The molecule has 23 heavy (non-hydrogen) atoms. The fourth-order valence-corrected chi connectivity index (χ4v) is 2.36. The van der Waals surface area contributed by atoms with E-state index in [1.54, 1.807) is 0 Å². The molecule has 1 aliphatic rings. The minimum atomic E-state index is -4.60. The summed E-state index contributed by atoms with van der Waals surface area (Å²) in [5.74, 6) is -0.453. The van der Waals surface area contributed by atoms with E-state index in [-0.39, 0.29) is 18.2 Å². The van der Waals surface area contributed by atoms with Crippen molar-refractivity contribution in [1.29, 1.82) is 0 Å². The Kier molecular flexibility index (Phi) is 5.63. The van der Waals surface area contributed by atoms with Crippen molar-refractivity contribution in [3.63, 3.8) is 0 Å². The van der Waals surface area contributed by atoms with E-state index in [2.05, 4.69) is 15.6 Å². The highest BCUT2D eigenvalue weighted by Crippen LogP contribution is 2.32. The van der Waals surface area contributed by atoms with Crippen molar-refractivity contribution in [3.05, 3.63) is 47.3 Å². The lowest BCUT2D eigenvalue weighted by Crippen LogP contribution is -2.42. The van der Waals surface area contributed by atoms with Crippen LogP contribution in [0.5, 0.6) is 0 Å². The number of nitrogens with one attached hydrogen (secondary N) is 2. The maximum atomic E-state index is 13.1. The average molecular weight is 329 g/mol. The molecule has 2 N–H and O–H groups in total. The summed E-state index contributed by atoms with van der Waals surface area (Å²) < 4.78 is 52.0. The van der Waals surface area contributed by atoms with Crippen molar-refractivity contribution in [1.82, 2.24) is 10.6 Å². The lowest BCUT2D eigenvalue weighted by atomic mass is 10.1. The third-order valence-corrected chi connectivity index (χ3v) is 3.48. The molecule has 0 heterocycles. The van der Waals surface area contributed by atoms with Gasteiger partial charge in [0.05, 0.1) is 12.1 Å². The molecule has 0 atom stereocenters. The van der Waals surface area contributed by atoms with Gasteiger partial charge in [0.2, 0.25) is 0 Å². The van der Waals surface area contributed by atoms with Crippen LogP contribution in [0.3, 0.4) is 0 Å². The van der Waals surface area contributed by atoms with Crippen molar-refractivity contribution < 1.29 is 17.6 Å². The highest BCUT2D eigenvalue weighted by atomic mass is 19.4. The second kappa shape index (κ2) is 7.48. The Hall–Kier alpha value is -2.05. The van der Waals surface area contributed by atoms with E-state index in [9.17, 15) is 17.6 Å². The zero-order valence-electron chi connectivity index (χ0n) is 12.8. The molecule has 1 aliphatic carbocycles. The van der Waals surface area contributed by atoms with Crippen LogP contribution in [0.4, 0.5) is 17.6 Å². The van der Waals surface area contributed by atoms with Gasteiger partial charge in [0.1, 0.15) is 5.82 Å². The zero-order valence-corrected chi connectivity index (χ0v) is 12.8. The zero-order chi connectivity index (χ0) is 16.9. The maximum absolute atomic E-state index is 13.1. The minimum absolute atomic E-state index is 0.0550. The van der Waals surface area contributed by atoms with Crippen molar-refractivity contribution in [3.8, 4) is 0 Å². The fourth-order valence-electron chi connectivity index (χ4n) is 2.36. The Morgan fingerprint density at radius 3 is 2.57 bits per heavy atom. The van der Waals surface area contributed by atoms with Crippen LogP contribution in [0.1, 0.15) is 30.9 Å². The lowest BCUT2D eigenvalue weighted by molar-refractivity contribution is -0.138. The Bertz CT molecular complexity index is 585. The first kappa shape index (κ1) is 17.3. The molecule has 3 nitrogen and oxygen atoms in total. The summed E-state index contributed by atoms with van der Waals surface area (Å²) in [4.78, 5) is 4.20. The normalized spacial score (nSPS) is 16.0. The summed E-state index contributed by atoms with van der Waals surface area (Å²) >= 11 is 0. The molecule has 0 aromatic heterocycles. The van der Waals surface area contributed by atoms with Gasteiger partial charge in [-0.25, -0.2) is 9.38 Å². The van der Waals surface area contributed by atoms with Crippen LogP contribution >= 0.6 is 0 Å². The summed E-state index contributed by atoms with van der Waals surface area (Å²) in [6, 6.07) is 2.85. The number of aliphatic imine (C=N–C) groups is 1. The largest absolute Gasteiger partial charge is 0.416 e. The van der Waals surface area contributed by atoms with Crippen molar-refractivity contribution in [2.45, 2.75) is 38.5 Å². The second-order valence-corrected chi connectivity index (χ2v) is 5.28. The van der Waals surface area contributed by atoms with Crippen LogP contribution in [0.15, 0.2) is 35.3 Å². The average Bonchev–Trinajstić information content (AvgIpc) is 2.98. The molecule has 0 spiro atoms. The van der Waals surface area contributed by atoms with E-state index in [0.29, 0.717) is 18.6 Å². The number of rotatable bonds is 4. The summed E-state index contributed by atoms with van der Waals surface area (Å²) in [7, 11) is 0. The molecule has 0 saturated carbocycles. The molecule has 0 unspecified atom stereocenters. The van der Waals surface area contributed by atoms with Crippen LogP contribution in [-0.2, 0) is 12.7 Å². The summed E-state index contributed by atoms with van der Waals surface area (Å²) in [5.41, 5.74) is -1.04. The predicted molar refractivity (Wildman–Crippen MR) is 81.5 cm³/mol. The van der Waals surface area contributed by atoms with E-state index >= 15 is 0 Å². The maximum Gasteiger partial charge on any atom is 0.416 e. The van der Waals surface area contributed by atoms with Gasteiger partial charge in [0, 0.05) is 12.6 Å². The Morgan fingerprint density at radius 2 is 1.96 bits per heavy atom. The molecule has 0 fully saturated rings. The molecule has 0 aliphatic heterocycles. The molecule has 1 aromatic rings. The highest BCUT2D eigenvalue weighted by Gasteiger charge is 2.33. The van der Waals surface area contributed by atoms with E-state index < -0.39 is 17.6 Å². The van der Waals surface area contributed by atoms with Crippen LogP contribution in [-0.4, -0.2) is 18.5 Å². The van der Waals surface area contributed by atoms with E-state index in [1.165, 1.54) is 0 Å². The first-order valence-corrected chi connectivity index (χ1v) is 7.45. The van der Waals surface area contributed by atoms with Crippen LogP contribution < -0.4 is 10.6 Å². The van der Waals surface area contributed by atoms with Crippen molar-refractivity contribution in [2.75, 3.05) is 6.54 Å². The Labute approximate surface area is 132 Å². The number of alkyl halides is 3. The topological polar surface area (TPSA) is 36.4 Å². The van der Waals surface area contributed by atoms with Gasteiger partial charge in [-0.15, -0.1) is 0 Å². The third-order valence-electron chi connectivity index (χ3n) is 3.48. The van der Waals surface area contributed by atoms with Crippen molar-refractivity contribution in [2.24, 2.45) is 4.99 Å². The summed E-state index contributed by atoms with van der Waals surface area (Å²) in [6.45, 7) is 2.30. The van der Waals surface area contributed by atoms with E-state index in [1.807, 2.05) is 19.1 Å². The quantitative estimate of drug-likeness (QED) is 0.383. The van der Waals surface area contributed by atoms with Gasteiger partial charge in [0.25, 0.3) is 0 Å². The number of hydrogen-bond donors (Lipinski definition) is 2. The Balaban J connectivity index is 2.15. The van der Waals surface area contributed by atoms with E-state index in [4.69, 9.17) is 0 Å². The number of guanidine groups is 1. The number of halogens is 4. The molecule has 0 radical (unpaired) electrons. The smallest absolute Gasteiger partial charge is 0.357 e. The standard InChI is InChI=1S/C16H19F4N3/c1-2-21-15(23-13-5-3-4-6-13)22-10-11-7-8-12(17)9-14(11)16(18,19)20/h3-4,7-9,13H,2,5-6,10H2,1H3,(H2,21,22,23). The van der Waals surface area contributed by atoms with E-state index in [0.717, 1.165) is 25.0 Å². The van der Waals surface area contributed by atoms with Crippen LogP contribution in [0, 0.1) is 5.82 Å². The first-order valence-electron chi connectivity index (χ1n) is 7.45. The molecule has 1 aromatic carbocycles. The van der Waals surface area contributed by atoms with Crippen molar-refractivity contribution >= 4 is 5.96 Å². The monoisotopic (exact) mass is 329 g/mol. The number of nitrogens with zero attached hydrogens (tertiary/aromatic N) is 1. The number of hydrogen-bond acceptors (Lipinski definition) is 1. The lowest BCUT2D eigenvalue weighted by Gasteiger charge is -2.17. The Morgan fingerprint density at radius 1 is 1.26 bits per heavy atom. The molecule has 0 amide bonds. The minimum Gasteiger partial charge on any atom is -0.357 e. The fraction of sp³-hybridized carbons (Fsp3) is 0.438. The number of benzene rings is 1. The van der Waals surface area contributed by atoms with Gasteiger partial charge >= 0.3 is 6.18 Å². The van der Waals surface area contributed by atoms with Gasteiger partial charge in [-0.05, 0) is 37.5 Å². The van der Waals surface area contributed by atoms with Gasteiger partial charge in [-0.3, -0.25) is 0 Å². The van der Waals surface area contributed by atoms with Gasteiger partial charge < -0.3 is 10.6 Å². The van der Waals surface area contributed by atoms with Crippen LogP contribution in [0.2, 0.25) is 0 Å². The molecule has 126 valence electrons. The summed E-state index contributed by atoms with van der Waals surface area (Å²) in [5, 5.41) is 6.18. The predicted octanol–water partition coefficient (Wildman–Crippen LogP) is 3.62. The van der Waals surface area contributed by atoms with Crippen LogP contribution in [0.25, 0.3) is 0 Å². The second-order valence-electron chi connectivity index (χ2n) is 5.28. The van der Waals surface area contributed by atoms with Gasteiger partial charge in [-0.2, -0.15) is 13.2 Å². The molecule has 0 bridgehead atoms. The van der Waals surface area contributed by atoms with Gasteiger partial charge in [-0.1, -0.05) is 18.2 Å². The molecule has 7 heteroatoms. The molecule has 2 rings (SSSR count).